The van der Waals surface area contributed by atoms with Crippen LogP contribution in [0.25, 0.3) is 0 Å². The Kier molecular flexibility index (Phi) is 10.2. The number of unbranched alkanes of at least 4 members (excludes halogenated alkanes) is 2. The maximum Gasteiger partial charge on any atom is 0.117 e. The Morgan fingerprint density at radius 2 is 1.71 bits per heavy atom. The number of hydrogen-bond acceptors (Lipinski definition) is 2. The molecule has 0 spiro atoms. The summed E-state index contributed by atoms with van der Waals surface area (Å²) in [6, 6.07) is 0. The van der Waals surface area contributed by atoms with E-state index in [4.69, 9.17) is 9.47 Å². The van der Waals surface area contributed by atoms with Gasteiger partial charge in [0.15, 0.2) is 0 Å². The van der Waals surface area contributed by atoms with Gasteiger partial charge in [-0.2, -0.15) is 0 Å². The molecule has 0 aliphatic heterocycles. The van der Waals surface area contributed by atoms with Crippen LogP contribution in [0.3, 0.4) is 0 Å². The van der Waals surface area contributed by atoms with Crippen molar-refractivity contribution < 1.29 is 9.47 Å². The Balaban J connectivity index is 3.39. The Bertz CT molecular complexity index is 141. The largest absolute Gasteiger partial charge is 0.496 e. The molecule has 0 bridgehead atoms. The van der Waals surface area contributed by atoms with Crippen LogP contribution in [-0.4, -0.2) is 19.8 Å². The molecule has 0 N–H and O–H groups in total. The minimum Gasteiger partial charge on any atom is -0.496 e. The molecule has 0 radical (unpaired) electrons. The van der Waals surface area contributed by atoms with Gasteiger partial charge in [-0.3, -0.25) is 0 Å². The molecule has 0 rings (SSSR count). The van der Waals surface area contributed by atoms with Gasteiger partial charge in [0.05, 0.1) is 6.61 Å². The summed E-state index contributed by atoms with van der Waals surface area (Å²) in [6.45, 7) is 8.59. The van der Waals surface area contributed by atoms with Gasteiger partial charge in [-0.15, -0.1) is 0 Å². The Morgan fingerprint density at radius 3 is 2.29 bits per heavy atom. The smallest absolute Gasteiger partial charge is 0.117 e. The summed E-state index contributed by atoms with van der Waals surface area (Å²) in [4.78, 5) is 0. The molecule has 84 valence electrons. The molecule has 2 nitrogen and oxygen atoms in total. The van der Waals surface area contributed by atoms with Gasteiger partial charge in [-0.05, 0) is 25.8 Å². The van der Waals surface area contributed by atoms with E-state index in [1.807, 2.05) is 13.0 Å². The minimum atomic E-state index is 0.625. The summed E-state index contributed by atoms with van der Waals surface area (Å²) in [5.41, 5.74) is 0. The lowest BCUT2D eigenvalue weighted by molar-refractivity contribution is 0.0945. The van der Waals surface area contributed by atoms with Crippen LogP contribution in [0.4, 0.5) is 0 Å². The molecule has 0 aromatic heterocycles. The van der Waals surface area contributed by atoms with E-state index in [0.29, 0.717) is 6.61 Å². The zero-order chi connectivity index (χ0) is 10.6. The molecule has 0 fully saturated rings. The monoisotopic (exact) mass is 200 g/mol. The van der Waals surface area contributed by atoms with E-state index in [9.17, 15) is 0 Å². The second-order valence-corrected chi connectivity index (χ2v) is 3.36. The molecule has 0 aromatic carbocycles. The second-order valence-electron chi connectivity index (χ2n) is 3.36. The SMILES string of the molecule is CC=C(COCCCC)OCCCC. The van der Waals surface area contributed by atoms with Gasteiger partial charge in [0, 0.05) is 6.61 Å². The average Bonchev–Trinajstić information content (AvgIpc) is 2.22. The van der Waals surface area contributed by atoms with Crippen LogP contribution in [0.5, 0.6) is 0 Å². The van der Waals surface area contributed by atoms with E-state index in [-0.39, 0.29) is 0 Å². The van der Waals surface area contributed by atoms with E-state index in [2.05, 4.69) is 13.8 Å². The molecule has 0 atom stereocenters. The Morgan fingerprint density at radius 1 is 1.07 bits per heavy atom. The average molecular weight is 200 g/mol. The predicted octanol–water partition coefficient (Wildman–Crippen LogP) is 3.52. The summed E-state index contributed by atoms with van der Waals surface area (Å²) in [7, 11) is 0. The number of ether oxygens (including phenoxy) is 2. The molecule has 0 amide bonds. The second kappa shape index (κ2) is 10.6. The van der Waals surface area contributed by atoms with Crippen molar-refractivity contribution in [3.8, 4) is 0 Å². The molecule has 0 saturated heterocycles. The quantitative estimate of drug-likeness (QED) is 0.419. The van der Waals surface area contributed by atoms with Crippen LogP contribution < -0.4 is 0 Å². The summed E-state index contributed by atoms with van der Waals surface area (Å²) in [5, 5.41) is 0. The van der Waals surface area contributed by atoms with Gasteiger partial charge in [-0.1, -0.05) is 26.7 Å². The van der Waals surface area contributed by atoms with Crippen LogP contribution in [0.2, 0.25) is 0 Å². The van der Waals surface area contributed by atoms with E-state index >= 15 is 0 Å². The van der Waals surface area contributed by atoms with Crippen molar-refractivity contribution in [2.75, 3.05) is 19.8 Å². The normalized spacial score (nSPS) is 11.8. The maximum absolute atomic E-state index is 5.55. The number of hydrogen-bond donors (Lipinski definition) is 0. The van der Waals surface area contributed by atoms with Gasteiger partial charge in [0.25, 0.3) is 0 Å². The van der Waals surface area contributed by atoms with Gasteiger partial charge in [0.2, 0.25) is 0 Å². The summed E-state index contributed by atoms with van der Waals surface area (Å²) >= 11 is 0. The van der Waals surface area contributed by atoms with Crippen molar-refractivity contribution in [3.05, 3.63) is 11.8 Å². The lowest BCUT2D eigenvalue weighted by atomic mass is 10.3. The zero-order valence-corrected chi connectivity index (χ0v) is 9.84. The van der Waals surface area contributed by atoms with Gasteiger partial charge in [-0.25, -0.2) is 0 Å². The van der Waals surface area contributed by atoms with Crippen LogP contribution >= 0.6 is 0 Å². The molecule has 0 heterocycles. The molecule has 0 saturated carbocycles. The van der Waals surface area contributed by atoms with Gasteiger partial charge in [0.1, 0.15) is 12.4 Å². The minimum absolute atomic E-state index is 0.625. The highest BCUT2D eigenvalue weighted by molar-refractivity contribution is 4.90. The maximum atomic E-state index is 5.55. The molecule has 0 aromatic rings. The first kappa shape index (κ1) is 13.5. The molecule has 2 heteroatoms. The van der Waals surface area contributed by atoms with E-state index in [1.54, 1.807) is 0 Å². The Hall–Kier alpha value is -0.500. The van der Waals surface area contributed by atoms with Gasteiger partial charge >= 0.3 is 0 Å². The van der Waals surface area contributed by atoms with Crippen molar-refractivity contribution in [2.24, 2.45) is 0 Å². The predicted molar refractivity (Wildman–Crippen MR) is 60.3 cm³/mol. The molecular formula is C12H24O2. The van der Waals surface area contributed by atoms with Crippen molar-refractivity contribution in [1.29, 1.82) is 0 Å². The third kappa shape index (κ3) is 8.11. The number of rotatable bonds is 9. The lowest BCUT2D eigenvalue weighted by Gasteiger charge is -2.10. The first-order chi connectivity index (χ1) is 6.85. The summed E-state index contributed by atoms with van der Waals surface area (Å²) < 4.78 is 11.0. The van der Waals surface area contributed by atoms with Crippen molar-refractivity contribution in [2.45, 2.75) is 46.5 Å². The summed E-state index contributed by atoms with van der Waals surface area (Å²) in [5.74, 6) is 0.967. The molecular weight excluding hydrogens is 176 g/mol. The van der Waals surface area contributed by atoms with Crippen LogP contribution in [0.15, 0.2) is 11.8 Å². The number of allylic oxidation sites excluding steroid dienone is 1. The first-order valence-corrected chi connectivity index (χ1v) is 5.70. The van der Waals surface area contributed by atoms with Gasteiger partial charge < -0.3 is 9.47 Å². The zero-order valence-electron chi connectivity index (χ0n) is 9.84. The highest BCUT2D eigenvalue weighted by Gasteiger charge is 1.96. The first-order valence-electron chi connectivity index (χ1n) is 5.70. The topological polar surface area (TPSA) is 18.5 Å². The third-order valence-electron chi connectivity index (χ3n) is 1.99. The van der Waals surface area contributed by atoms with Crippen molar-refractivity contribution in [3.63, 3.8) is 0 Å². The molecule has 0 aliphatic carbocycles. The Labute approximate surface area is 88.3 Å². The van der Waals surface area contributed by atoms with Crippen LogP contribution in [-0.2, 0) is 9.47 Å². The van der Waals surface area contributed by atoms with Crippen LogP contribution in [0.1, 0.15) is 46.5 Å². The van der Waals surface area contributed by atoms with Crippen molar-refractivity contribution in [1.82, 2.24) is 0 Å². The van der Waals surface area contributed by atoms with E-state index in [1.165, 1.54) is 12.8 Å². The molecule has 0 aliphatic rings. The standard InChI is InChI=1S/C12H24O2/c1-4-7-9-13-11-12(6-3)14-10-8-5-2/h6H,4-5,7-11H2,1-3H3. The van der Waals surface area contributed by atoms with E-state index < -0.39 is 0 Å². The highest BCUT2D eigenvalue weighted by atomic mass is 16.5. The fourth-order valence-electron chi connectivity index (χ4n) is 0.975. The highest BCUT2D eigenvalue weighted by Crippen LogP contribution is 2.01. The van der Waals surface area contributed by atoms with E-state index in [0.717, 1.165) is 31.8 Å². The molecule has 0 unspecified atom stereocenters. The molecule has 14 heavy (non-hydrogen) atoms. The van der Waals surface area contributed by atoms with Crippen molar-refractivity contribution >= 4 is 0 Å². The summed E-state index contributed by atoms with van der Waals surface area (Å²) in [6.07, 6.45) is 6.59. The van der Waals surface area contributed by atoms with Crippen LogP contribution in [0, 0.1) is 0 Å². The third-order valence-corrected chi connectivity index (χ3v) is 1.99. The lowest BCUT2D eigenvalue weighted by Crippen LogP contribution is -2.04. The fourth-order valence-corrected chi connectivity index (χ4v) is 0.975. The fraction of sp³-hybridized carbons (Fsp3) is 0.833.